The number of likely N-dealkylation sites (tertiary alicyclic amines) is 1. The van der Waals surface area contributed by atoms with Gasteiger partial charge in [-0.25, -0.2) is 0 Å². The first-order chi connectivity index (χ1) is 14.8. The Labute approximate surface area is 174 Å². The van der Waals surface area contributed by atoms with Crippen LogP contribution in [0.25, 0.3) is 22.7 Å². The second-order valence-corrected chi connectivity index (χ2v) is 7.78. The normalized spacial score (nSPS) is 15.6. The summed E-state index contributed by atoms with van der Waals surface area (Å²) in [5.41, 5.74) is 2.45. The number of rotatable bonds is 6. The van der Waals surface area contributed by atoms with Crippen LogP contribution < -0.4 is 0 Å². The molecule has 3 aromatic heterocycles. The maximum absolute atomic E-state index is 6.01. The zero-order valence-corrected chi connectivity index (χ0v) is 16.9. The van der Waals surface area contributed by atoms with Gasteiger partial charge in [-0.3, -0.25) is 9.58 Å². The van der Waals surface area contributed by atoms with Crippen LogP contribution in [0, 0.1) is 12.8 Å². The standard InChI is InChI=1S/C22H24N6O2/c1-16-20(21(26-30-16)18-6-3-2-4-7-18)22-25-24-19(29-22)15-27-12-8-17(9-13-27)14-28-11-5-10-23-28/h2-7,10-11,17H,8-9,12-15H2,1H3. The van der Waals surface area contributed by atoms with Gasteiger partial charge in [-0.15, -0.1) is 10.2 Å². The lowest BCUT2D eigenvalue weighted by molar-refractivity contribution is 0.153. The lowest BCUT2D eigenvalue weighted by Crippen LogP contribution is -2.34. The van der Waals surface area contributed by atoms with E-state index in [1.807, 2.05) is 60.4 Å². The summed E-state index contributed by atoms with van der Waals surface area (Å²) in [7, 11) is 0. The van der Waals surface area contributed by atoms with Crippen LogP contribution in [0.2, 0.25) is 0 Å². The molecule has 0 unspecified atom stereocenters. The fourth-order valence-electron chi connectivity index (χ4n) is 4.03. The number of nitrogens with zero attached hydrogens (tertiary/aromatic N) is 6. The fourth-order valence-corrected chi connectivity index (χ4v) is 4.03. The van der Waals surface area contributed by atoms with Crippen molar-refractivity contribution in [2.75, 3.05) is 13.1 Å². The first-order valence-electron chi connectivity index (χ1n) is 10.3. The molecule has 1 aliphatic heterocycles. The van der Waals surface area contributed by atoms with Crippen LogP contribution in [0.1, 0.15) is 24.5 Å². The van der Waals surface area contributed by atoms with E-state index in [-0.39, 0.29) is 0 Å². The summed E-state index contributed by atoms with van der Waals surface area (Å²) in [5.74, 6) is 2.40. The van der Waals surface area contributed by atoms with Gasteiger partial charge < -0.3 is 8.94 Å². The zero-order valence-electron chi connectivity index (χ0n) is 16.9. The second-order valence-electron chi connectivity index (χ2n) is 7.78. The number of aryl methyl sites for hydroxylation is 1. The van der Waals surface area contributed by atoms with Crippen LogP contribution in [0.3, 0.4) is 0 Å². The van der Waals surface area contributed by atoms with Gasteiger partial charge in [0, 0.05) is 24.5 Å². The molecule has 0 bridgehead atoms. The molecule has 0 atom stereocenters. The molecule has 4 heterocycles. The van der Waals surface area contributed by atoms with E-state index in [2.05, 4.69) is 25.4 Å². The van der Waals surface area contributed by atoms with Crippen LogP contribution in [0.15, 0.2) is 57.7 Å². The van der Waals surface area contributed by atoms with Gasteiger partial charge in [-0.2, -0.15) is 5.10 Å². The maximum atomic E-state index is 6.01. The van der Waals surface area contributed by atoms with Crippen molar-refractivity contribution in [2.24, 2.45) is 5.92 Å². The molecular formula is C22H24N6O2. The summed E-state index contributed by atoms with van der Waals surface area (Å²) in [6.45, 7) is 5.55. The van der Waals surface area contributed by atoms with Gasteiger partial charge in [0.1, 0.15) is 17.0 Å². The second kappa shape index (κ2) is 8.23. The largest absolute Gasteiger partial charge is 0.419 e. The van der Waals surface area contributed by atoms with Crippen molar-refractivity contribution < 1.29 is 8.94 Å². The number of aromatic nitrogens is 5. The Balaban J connectivity index is 1.25. The Morgan fingerprint density at radius 3 is 2.67 bits per heavy atom. The topological polar surface area (TPSA) is 86.0 Å². The maximum Gasteiger partial charge on any atom is 0.253 e. The summed E-state index contributed by atoms with van der Waals surface area (Å²) in [5, 5.41) is 17.1. The Kier molecular flexibility index (Phi) is 5.15. The van der Waals surface area contributed by atoms with Gasteiger partial charge in [-0.1, -0.05) is 35.5 Å². The number of hydrogen-bond donors (Lipinski definition) is 0. The van der Waals surface area contributed by atoms with E-state index in [0.29, 0.717) is 30.0 Å². The van der Waals surface area contributed by atoms with E-state index < -0.39 is 0 Å². The average molecular weight is 404 g/mol. The van der Waals surface area contributed by atoms with Gasteiger partial charge in [0.05, 0.1) is 6.54 Å². The molecule has 8 heteroatoms. The highest BCUT2D eigenvalue weighted by atomic mass is 16.5. The molecular weight excluding hydrogens is 380 g/mol. The van der Waals surface area contributed by atoms with E-state index in [1.165, 1.54) is 0 Å². The van der Waals surface area contributed by atoms with Crippen molar-refractivity contribution in [1.29, 1.82) is 0 Å². The molecule has 0 saturated carbocycles. The smallest absolute Gasteiger partial charge is 0.253 e. The van der Waals surface area contributed by atoms with E-state index >= 15 is 0 Å². The first-order valence-corrected chi connectivity index (χ1v) is 10.3. The van der Waals surface area contributed by atoms with Crippen LogP contribution >= 0.6 is 0 Å². The number of benzene rings is 1. The molecule has 1 saturated heterocycles. The Morgan fingerprint density at radius 1 is 1.07 bits per heavy atom. The Morgan fingerprint density at radius 2 is 1.90 bits per heavy atom. The van der Waals surface area contributed by atoms with E-state index in [0.717, 1.165) is 49.3 Å². The molecule has 0 amide bonds. The van der Waals surface area contributed by atoms with Crippen LogP contribution in [0.4, 0.5) is 0 Å². The molecule has 1 fully saturated rings. The number of hydrogen-bond acceptors (Lipinski definition) is 7. The van der Waals surface area contributed by atoms with Crippen molar-refractivity contribution in [3.63, 3.8) is 0 Å². The third-order valence-electron chi connectivity index (χ3n) is 5.66. The summed E-state index contributed by atoms with van der Waals surface area (Å²) in [6, 6.07) is 11.9. The molecule has 4 aromatic rings. The number of piperidine rings is 1. The molecule has 5 rings (SSSR count). The van der Waals surface area contributed by atoms with E-state index in [4.69, 9.17) is 8.94 Å². The van der Waals surface area contributed by atoms with Crippen molar-refractivity contribution >= 4 is 0 Å². The molecule has 154 valence electrons. The van der Waals surface area contributed by atoms with Gasteiger partial charge in [0.25, 0.3) is 5.89 Å². The monoisotopic (exact) mass is 404 g/mol. The van der Waals surface area contributed by atoms with Gasteiger partial charge >= 0.3 is 0 Å². The molecule has 0 aliphatic carbocycles. The summed E-state index contributed by atoms with van der Waals surface area (Å²) >= 11 is 0. The molecule has 1 aliphatic rings. The highest BCUT2D eigenvalue weighted by Crippen LogP contribution is 2.33. The molecule has 0 spiro atoms. The van der Waals surface area contributed by atoms with E-state index in [9.17, 15) is 0 Å². The third kappa shape index (κ3) is 3.91. The minimum absolute atomic E-state index is 0.455. The molecule has 0 radical (unpaired) electrons. The summed E-state index contributed by atoms with van der Waals surface area (Å²) in [6.07, 6.45) is 6.15. The zero-order chi connectivity index (χ0) is 20.3. The summed E-state index contributed by atoms with van der Waals surface area (Å²) in [4.78, 5) is 2.37. The average Bonchev–Trinajstić information content (AvgIpc) is 3.52. The van der Waals surface area contributed by atoms with Crippen molar-refractivity contribution in [2.45, 2.75) is 32.9 Å². The third-order valence-corrected chi connectivity index (χ3v) is 5.66. The molecule has 8 nitrogen and oxygen atoms in total. The SMILES string of the molecule is Cc1onc(-c2ccccc2)c1-c1nnc(CN2CCC(Cn3cccn3)CC2)o1. The first kappa shape index (κ1) is 18.7. The lowest BCUT2D eigenvalue weighted by Gasteiger charge is -2.30. The highest BCUT2D eigenvalue weighted by molar-refractivity contribution is 5.77. The van der Waals surface area contributed by atoms with Crippen molar-refractivity contribution in [3.8, 4) is 22.7 Å². The Hall–Kier alpha value is -3.26. The molecule has 1 aromatic carbocycles. The van der Waals surface area contributed by atoms with Crippen LogP contribution in [-0.4, -0.2) is 43.1 Å². The Bertz CT molecular complexity index is 1080. The minimum atomic E-state index is 0.455. The fraction of sp³-hybridized carbons (Fsp3) is 0.364. The van der Waals surface area contributed by atoms with Gasteiger partial charge in [0.2, 0.25) is 5.89 Å². The van der Waals surface area contributed by atoms with Gasteiger partial charge in [-0.05, 0) is 44.8 Å². The predicted molar refractivity (Wildman–Crippen MR) is 110 cm³/mol. The minimum Gasteiger partial charge on any atom is -0.419 e. The quantitative estimate of drug-likeness (QED) is 0.483. The highest BCUT2D eigenvalue weighted by Gasteiger charge is 2.24. The summed E-state index contributed by atoms with van der Waals surface area (Å²) < 4.78 is 13.5. The van der Waals surface area contributed by atoms with E-state index in [1.54, 1.807) is 0 Å². The molecule has 30 heavy (non-hydrogen) atoms. The lowest BCUT2D eigenvalue weighted by atomic mass is 9.97. The van der Waals surface area contributed by atoms with Gasteiger partial charge in [0.15, 0.2) is 0 Å². The van der Waals surface area contributed by atoms with Crippen LogP contribution in [-0.2, 0) is 13.1 Å². The van der Waals surface area contributed by atoms with Crippen LogP contribution in [0.5, 0.6) is 0 Å². The van der Waals surface area contributed by atoms with Crippen molar-refractivity contribution in [3.05, 3.63) is 60.4 Å². The predicted octanol–water partition coefficient (Wildman–Crippen LogP) is 3.81. The van der Waals surface area contributed by atoms with Crippen molar-refractivity contribution in [1.82, 2.24) is 30.0 Å². The molecule has 0 N–H and O–H groups in total.